The van der Waals surface area contributed by atoms with E-state index in [-0.39, 0.29) is 70.7 Å². The third kappa shape index (κ3) is 11.9. The van der Waals surface area contributed by atoms with Crippen LogP contribution < -0.4 is 20.5 Å². The molecule has 2 aromatic rings. The number of nitrogens with zero attached hydrogens (tertiary/aromatic N) is 4. The van der Waals surface area contributed by atoms with Gasteiger partial charge in [0.25, 0.3) is 0 Å². The first-order chi connectivity index (χ1) is 30.9. The summed E-state index contributed by atoms with van der Waals surface area (Å²) in [5.74, 6) is 0.498. The molecule has 1 N–H and O–H groups in total. The normalized spacial score (nSPS) is 25.7. The molecule has 1 aliphatic carbocycles. The van der Waals surface area contributed by atoms with Crippen molar-refractivity contribution in [3.05, 3.63) is 72.1 Å². The van der Waals surface area contributed by atoms with Crippen molar-refractivity contribution in [2.45, 2.75) is 166 Å². The molecule has 4 aliphatic rings. The molecule has 2 fully saturated rings. The van der Waals surface area contributed by atoms with Crippen molar-refractivity contribution in [1.29, 1.82) is 0 Å². The number of aromatic nitrogens is 2. The fraction of sp³-hybridized carbons (Fsp3) is 0.655. The van der Waals surface area contributed by atoms with Crippen LogP contribution in [-0.4, -0.2) is 65.6 Å². The molecule has 2 aromatic heterocycles. The van der Waals surface area contributed by atoms with E-state index in [2.05, 4.69) is 55.4 Å². The third-order valence-electron chi connectivity index (χ3n) is 15.3. The first-order valence-corrected chi connectivity index (χ1v) is 25.0. The van der Waals surface area contributed by atoms with Gasteiger partial charge in [-0.2, -0.15) is 17.1 Å². The topological polar surface area (TPSA) is 146 Å². The largest absolute Gasteiger partial charge is 2.00 e. The second kappa shape index (κ2) is 23.5. The fourth-order valence-corrected chi connectivity index (χ4v) is 11.1. The van der Waals surface area contributed by atoms with Crippen LogP contribution in [0.3, 0.4) is 0 Å². The maximum atomic E-state index is 13.7. The second-order valence-corrected chi connectivity index (χ2v) is 20.8. The molecule has 8 bridgehead atoms. The summed E-state index contributed by atoms with van der Waals surface area (Å²) in [5.41, 5.74) is 7.04. The molecule has 2 unspecified atom stereocenters. The number of carbonyl (C=O) groups excluding carboxylic acids is 3. The number of ketones is 1. The van der Waals surface area contributed by atoms with Gasteiger partial charge in [-0.3, -0.25) is 14.4 Å². The van der Waals surface area contributed by atoms with Gasteiger partial charge in [0.05, 0.1) is 13.7 Å². The van der Waals surface area contributed by atoms with Gasteiger partial charge in [-0.25, -0.2) is 0 Å². The summed E-state index contributed by atoms with van der Waals surface area (Å²) in [7, 11) is 1.32. The minimum atomic E-state index is -1.09. The van der Waals surface area contributed by atoms with Gasteiger partial charge in [0.1, 0.15) is 11.7 Å². The number of hydrogen-bond acceptors (Lipinski definition) is 6. The van der Waals surface area contributed by atoms with E-state index < -0.39 is 17.9 Å². The van der Waals surface area contributed by atoms with Crippen LogP contribution in [0.15, 0.2) is 17.1 Å². The molecular weight excluding hydrogens is 837 g/mol. The van der Waals surface area contributed by atoms with E-state index in [0.717, 1.165) is 65.2 Å². The average Bonchev–Trinajstić information content (AvgIpc) is 4.00. The van der Waals surface area contributed by atoms with E-state index in [1.165, 1.54) is 58.5 Å². The Balaban J connectivity index is 0.00000817. The summed E-state index contributed by atoms with van der Waals surface area (Å²) in [6.07, 6.45) is 19.8. The summed E-state index contributed by atoms with van der Waals surface area (Å²) in [6, 6.07) is -0.604. The number of hydrogen-bond donors (Lipinski definition) is 1. The molecule has 9 atom stereocenters. The number of fused-ring (bicyclic) bond motifs is 8. The summed E-state index contributed by atoms with van der Waals surface area (Å²) < 4.78 is 11.2. The van der Waals surface area contributed by atoms with Gasteiger partial charge < -0.3 is 35.2 Å². The molecule has 0 aromatic carbocycles. The number of esters is 2. The van der Waals surface area contributed by atoms with E-state index in [9.17, 15) is 19.5 Å². The molecule has 0 radical (unpaired) electrons. The smallest absolute Gasteiger partial charge is 0.681 e. The Morgan fingerprint density at radius 1 is 0.758 bits per heavy atom. The molecule has 0 amide bonds. The molecule has 10 nitrogen and oxygen atoms in total. The fourth-order valence-electron chi connectivity index (χ4n) is 11.1. The van der Waals surface area contributed by atoms with Crippen LogP contribution in [0.25, 0.3) is 40.2 Å². The number of aliphatic hydroxyl groups is 1. The summed E-state index contributed by atoms with van der Waals surface area (Å²) >= 11 is 0. The zero-order chi connectivity index (χ0) is 47.3. The Hall–Kier alpha value is -3.70. The van der Waals surface area contributed by atoms with Crippen molar-refractivity contribution < 1.29 is 29.0 Å². The van der Waals surface area contributed by atoms with Gasteiger partial charge in [-0.1, -0.05) is 161 Å². The molecule has 0 saturated carbocycles. The molecule has 66 heavy (non-hydrogen) atoms. The van der Waals surface area contributed by atoms with Gasteiger partial charge in [-0.05, 0) is 81.0 Å². The van der Waals surface area contributed by atoms with Gasteiger partial charge in [0.2, 0.25) is 0 Å². The number of carbonyl (C=O) groups is 3. The van der Waals surface area contributed by atoms with Crippen molar-refractivity contribution in [3.63, 3.8) is 0 Å². The van der Waals surface area contributed by atoms with Gasteiger partial charge in [0.15, 0.2) is 5.78 Å². The van der Waals surface area contributed by atoms with Crippen molar-refractivity contribution >= 4 is 70.3 Å². The van der Waals surface area contributed by atoms with E-state index >= 15 is 0 Å². The molecule has 11 heteroatoms. The van der Waals surface area contributed by atoms with Crippen molar-refractivity contribution in [1.82, 2.24) is 9.97 Å². The molecule has 2 saturated heterocycles. The number of ether oxygens (including phenoxy) is 2. The zero-order valence-corrected chi connectivity index (χ0v) is 43.8. The number of allylic oxidation sites excluding steroid dienone is 3. The molecule has 6 rings (SSSR count). The van der Waals surface area contributed by atoms with Crippen LogP contribution in [0.4, 0.5) is 0 Å². The van der Waals surface area contributed by atoms with Crippen molar-refractivity contribution in [2.24, 2.45) is 53.3 Å². The number of Topliss-reactive ketones (excluding diaryl/α,β-unsaturated/α-hetero) is 1. The zero-order valence-electron chi connectivity index (χ0n) is 42.4. The molecule has 3 aliphatic heterocycles. The SMILES string of the molecule is CC[C@H]1/C2=C/c3[n-]c4c(c3C)=C(O)[C@H](C(=O)OC)C=4C3[N-]/C(=C\c4[n-]c(c(C(C)=O)c4C)/C=C(\[N-]2)[C@@H]1C)[C@@H](C)[C@@H]3CCC(=O)OCCC(C)CCC[C@H](C)CCC[C@H](C)CCCC(C)C.[Mg+2]. The standard InChI is InChI=1S/C55H79N4O6.Mg/c1-13-39-34(7)41-29-46-48(38(11)60)36(9)43(57-46)27-42-35(8)40(52(58-42)50-51(55(63)64-12)54(62)49-37(10)44(59-53(49)50)28-45(39)56-41)23-24-47(61)65-26-25-33(6)22-16-21-32(5)20-15-19-31(4)18-14-17-30(2)3;/h27-35,39-40,51-52H,13-26H2,1-12H3,(H2-,56,57,60,62);/q-3;+2/p-1/b42-27-,45-28-;/t31-,32-,33?,34-,35+,39-,40+,51-,52?;/m1./s1. The predicted molar refractivity (Wildman–Crippen MR) is 268 cm³/mol. The Labute approximate surface area is 411 Å². The van der Waals surface area contributed by atoms with Gasteiger partial charge in [-0.15, -0.1) is 22.4 Å². The molecule has 358 valence electrons. The first kappa shape index (κ1) is 53.3. The predicted octanol–water partition coefficient (Wildman–Crippen LogP) is 11.2. The third-order valence-corrected chi connectivity index (χ3v) is 15.3. The van der Waals surface area contributed by atoms with E-state index in [0.29, 0.717) is 57.7 Å². The minimum absolute atomic E-state index is 0. The monoisotopic (exact) mass is 915 g/mol. The number of rotatable bonds is 21. The molecule has 5 heterocycles. The molecular formula is C55H78MgN4O6-2. The van der Waals surface area contributed by atoms with Gasteiger partial charge in [0, 0.05) is 17.2 Å². The Morgan fingerprint density at radius 3 is 1.92 bits per heavy atom. The van der Waals surface area contributed by atoms with E-state index in [4.69, 9.17) is 30.1 Å². The van der Waals surface area contributed by atoms with Crippen molar-refractivity contribution in [2.75, 3.05) is 13.7 Å². The Kier molecular flexibility index (Phi) is 19.0. The van der Waals surface area contributed by atoms with Crippen LogP contribution in [0.2, 0.25) is 0 Å². The van der Waals surface area contributed by atoms with Crippen LogP contribution >= 0.6 is 0 Å². The minimum Gasteiger partial charge on any atom is -0.681 e. The quantitative estimate of drug-likeness (QED) is 0.0740. The second-order valence-electron chi connectivity index (χ2n) is 20.8. The van der Waals surface area contributed by atoms with Crippen LogP contribution in [-0.2, 0) is 19.1 Å². The van der Waals surface area contributed by atoms with Crippen LogP contribution in [0.1, 0.15) is 184 Å². The van der Waals surface area contributed by atoms with Gasteiger partial charge >= 0.3 is 35.0 Å². The maximum absolute atomic E-state index is 13.7. The first-order valence-electron chi connectivity index (χ1n) is 25.0. The summed E-state index contributed by atoms with van der Waals surface area (Å²) in [5, 5.41) is 23.4. The number of aliphatic hydroxyl groups excluding tert-OH is 1. The Morgan fingerprint density at radius 2 is 1.33 bits per heavy atom. The van der Waals surface area contributed by atoms with Crippen LogP contribution in [0.5, 0.6) is 0 Å². The summed E-state index contributed by atoms with van der Waals surface area (Å²) in [4.78, 5) is 50.5. The van der Waals surface area contributed by atoms with E-state index in [1.807, 2.05) is 32.1 Å². The summed E-state index contributed by atoms with van der Waals surface area (Å²) in [6.45, 7) is 23.9. The maximum Gasteiger partial charge on any atom is 2.00 e. The van der Waals surface area contributed by atoms with Crippen molar-refractivity contribution in [3.8, 4) is 0 Å². The molecule has 0 spiro atoms. The number of methoxy groups -OCH3 is 1. The average molecular weight is 916 g/mol. The van der Waals surface area contributed by atoms with Crippen LogP contribution in [0, 0.1) is 67.1 Å². The van der Waals surface area contributed by atoms with E-state index in [1.54, 1.807) is 6.92 Å². The Bertz CT molecular complexity index is 2280.